The Morgan fingerprint density at radius 1 is 1.43 bits per heavy atom. The van der Waals surface area contributed by atoms with E-state index in [1.165, 1.54) is 12.3 Å². The molecule has 2 nitrogen and oxygen atoms in total. The van der Waals surface area contributed by atoms with Gasteiger partial charge in [0.05, 0.1) is 17.3 Å². The number of hydrogen-bond donors (Lipinski definition) is 0. The SMILES string of the molecule is N#CCCc1ncccc1C(F)(F)F. The van der Waals surface area contributed by atoms with Crippen molar-refractivity contribution in [3.63, 3.8) is 0 Å². The Morgan fingerprint density at radius 3 is 2.71 bits per heavy atom. The molecule has 1 aromatic rings. The lowest BCUT2D eigenvalue weighted by Crippen LogP contribution is -2.10. The van der Waals surface area contributed by atoms with E-state index in [1.54, 1.807) is 6.07 Å². The van der Waals surface area contributed by atoms with Gasteiger partial charge in [0.15, 0.2) is 0 Å². The van der Waals surface area contributed by atoms with Gasteiger partial charge in [-0.3, -0.25) is 4.98 Å². The second kappa shape index (κ2) is 4.09. The Morgan fingerprint density at radius 2 is 2.14 bits per heavy atom. The van der Waals surface area contributed by atoms with E-state index in [4.69, 9.17) is 5.26 Å². The van der Waals surface area contributed by atoms with Crippen molar-refractivity contribution < 1.29 is 13.2 Å². The summed E-state index contributed by atoms with van der Waals surface area (Å²) in [5.41, 5.74) is -0.822. The lowest BCUT2D eigenvalue weighted by atomic mass is 10.1. The maximum atomic E-state index is 12.4. The van der Waals surface area contributed by atoms with Crippen molar-refractivity contribution in [2.75, 3.05) is 0 Å². The first-order valence-corrected chi connectivity index (χ1v) is 3.93. The van der Waals surface area contributed by atoms with Gasteiger partial charge in [0.25, 0.3) is 0 Å². The Labute approximate surface area is 79.0 Å². The van der Waals surface area contributed by atoms with E-state index in [-0.39, 0.29) is 18.5 Å². The van der Waals surface area contributed by atoms with Crippen LogP contribution in [-0.2, 0) is 12.6 Å². The quantitative estimate of drug-likeness (QED) is 0.735. The van der Waals surface area contributed by atoms with Crippen molar-refractivity contribution in [2.24, 2.45) is 0 Å². The van der Waals surface area contributed by atoms with Crippen LogP contribution in [0.5, 0.6) is 0 Å². The molecule has 0 saturated carbocycles. The Bertz CT molecular complexity index is 352. The predicted molar refractivity (Wildman–Crippen MR) is 43.2 cm³/mol. The molecule has 0 aliphatic heterocycles. The molecule has 1 aromatic heterocycles. The number of aryl methyl sites for hydroxylation is 1. The predicted octanol–water partition coefficient (Wildman–Crippen LogP) is 2.56. The normalized spacial score (nSPS) is 11.0. The third kappa shape index (κ3) is 2.46. The van der Waals surface area contributed by atoms with Gasteiger partial charge in [0, 0.05) is 19.0 Å². The van der Waals surface area contributed by atoms with Gasteiger partial charge < -0.3 is 0 Å². The molecule has 0 fully saturated rings. The van der Waals surface area contributed by atoms with Crippen LogP contribution < -0.4 is 0 Å². The van der Waals surface area contributed by atoms with E-state index in [2.05, 4.69) is 4.98 Å². The molecule has 0 radical (unpaired) electrons. The minimum Gasteiger partial charge on any atom is -0.261 e. The molecule has 14 heavy (non-hydrogen) atoms. The molecule has 74 valence electrons. The molecule has 0 unspecified atom stereocenters. The average Bonchev–Trinajstić information content (AvgIpc) is 2.14. The summed E-state index contributed by atoms with van der Waals surface area (Å²) >= 11 is 0. The van der Waals surface area contributed by atoms with Gasteiger partial charge in [0.2, 0.25) is 0 Å². The van der Waals surface area contributed by atoms with Gasteiger partial charge >= 0.3 is 6.18 Å². The number of hydrogen-bond acceptors (Lipinski definition) is 2. The van der Waals surface area contributed by atoms with Gasteiger partial charge in [-0.2, -0.15) is 18.4 Å². The van der Waals surface area contributed by atoms with E-state index in [9.17, 15) is 13.2 Å². The van der Waals surface area contributed by atoms with Crippen molar-refractivity contribution in [1.82, 2.24) is 4.98 Å². The zero-order chi connectivity index (χ0) is 10.6. The lowest BCUT2D eigenvalue weighted by Gasteiger charge is -2.09. The van der Waals surface area contributed by atoms with Crippen LogP contribution >= 0.6 is 0 Å². The van der Waals surface area contributed by atoms with E-state index in [0.29, 0.717) is 0 Å². The van der Waals surface area contributed by atoms with Crippen molar-refractivity contribution in [3.8, 4) is 6.07 Å². The van der Waals surface area contributed by atoms with Crippen LogP contribution in [-0.4, -0.2) is 4.98 Å². The van der Waals surface area contributed by atoms with Crippen LogP contribution in [0.4, 0.5) is 13.2 Å². The average molecular weight is 200 g/mol. The summed E-state index contributed by atoms with van der Waals surface area (Å²) in [6.07, 6.45) is -3.02. The van der Waals surface area contributed by atoms with E-state index >= 15 is 0 Å². The number of halogens is 3. The molecule has 1 rings (SSSR count). The van der Waals surface area contributed by atoms with Crippen molar-refractivity contribution in [3.05, 3.63) is 29.6 Å². The molecule has 0 aliphatic rings. The van der Waals surface area contributed by atoms with Gasteiger partial charge in [-0.15, -0.1) is 0 Å². The second-order valence-corrected chi connectivity index (χ2v) is 2.65. The highest BCUT2D eigenvalue weighted by atomic mass is 19.4. The first-order chi connectivity index (χ1) is 6.55. The molecule has 0 saturated heterocycles. The minimum atomic E-state index is -4.39. The zero-order valence-electron chi connectivity index (χ0n) is 7.17. The molecule has 0 aliphatic carbocycles. The van der Waals surface area contributed by atoms with Crippen LogP contribution in [0.1, 0.15) is 17.7 Å². The molecule has 0 atom stereocenters. The summed E-state index contributed by atoms with van der Waals surface area (Å²) in [5, 5.41) is 8.26. The van der Waals surface area contributed by atoms with E-state index in [0.717, 1.165) is 6.07 Å². The molecule has 0 amide bonds. The monoisotopic (exact) mass is 200 g/mol. The number of alkyl halides is 3. The van der Waals surface area contributed by atoms with Gasteiger partial charge in [-0.1, -0.05) is 0 Å². The Kier molecular flexibility index (Phi) is 3.07. The second-order valence-electron chi connectivity index (χ2n) is 2.65. The summed E-state index contributed by atoms with van der Waals surface area (Å²) in [5.74, 6) is 0. The van der Waals surface area contributed by atoms with Gasteiger partial charge in [0.1, 0.15) is 0 Å². The first kappa shape index (κ1) is 10.5. The van der Waals surface area contributed by atoms with Crippen LogP contribution in [0.3, 0.4) is 0 Å². The number of rotatable bonds is 2. The molecule has 0 aromatic carbocycles. The molecule has 1 heterocycles. The largest absolute Gasteiger partial charge is 0.418 e. The van der Waals surface area contributed by atoms with Gasteiger partial charge in [-0.05, 0) is 12.1 Å². The van der Waals surface area contributed by atoms with Crippen LogP contribution in [0.25, 0.3) is 0 Å². The fraction of sp³-hybridized carbons (Fsp3) is 0.333. The van der Waals surface area contributed by atoms with Crippen molar-refractivity contribution in [2.45, 2.75) is 19.0 Å². The number of nitrogens with zero attached hydrogens (tertiary/aromatic N) is 2. The van der Waals surface area contributed by atoms with Crippen molar-refractivity contribution in [1.29, 1.82) is 5.26 Å². The fourth-order valence-corrected chi connectivity index (χ4v) is 1.07. The molecular weight excluding hydrogens is 193 g/mol. The first-order valence-electron chi connectivity index (χ1n) is 3.93. The minimum absolute atomic E-state index is 0.0339. The lowest BCUT2D eigenvalue weighted by molar-refractivity contribution is -0.138. The number of aromatic nitrogens is 1. The van der Waals surface area contributed by atoms with Gasteiger partial charge in [-0.25, -0.2) is 0 Å². The summed E-state index contributed by atoms with van der Waals surface area (Å²) in [6, 6.07) is 3.99. The fourth-order valence-electron chi connectivity index (χ4n) is 1.07. The molecule has 0 bridgehead atoms. The summed E-state index contributed by atoms with van der Waals surface area (Å²) in [4.78, 5) is 3.61. The van der Waals surface area contributed by atoms with Crippen LogP contribution in [0.15, 0.2) is 18.3 Å². The molecule has 0 N–H and O–H groups in total. The summed E-state index contributed by atoms with van der Waals surface area (Å²) in [7, 11) is 0. The number of nitriles is 1. The highest BCUT2D eigenvalue weighted by molar-refractivity contribution is 5.23. The highest BCUT2D eigenvalue weighted by Gasteiger charge is 2.33. The van der Waals surface area contributed by atoms with Crippen molar-refractivity contribution >= 4 is 0 Å². The molecular formula is C9H7F3N2. The van der Waals surface area contributed by atoms with Crippen LogP contribution in [0.2, 0.25) is 0 Å². The Hall–Kier alpha value is -1.57. The molecule has 0 spiro atoms. The number of pyridine rings is 1. The summed E-state index contributed by atoms with van der Waals surface area (Å²) in [6.45, 7) is 0. The van der Waals surface area contributed by atoms with E-state index in [1.807, 2.05) is 0 Å². The zero-order valence-corrected chi connectivity index (χ0v) is 7.17. The third-order valence-electron chi connectivity index (χ3n) is 1.67. The topological polar surface area (TPSA) is 36.7 Å². The maximum Gasteiger partial charge on any atom is 0.418 e. The van der Waals surface area contributed by atoms with E-state index < -0.39 is 11.7 Å². The standard InChI is InChI=1S/C9H7F3N2/c10-9(11,12)7-3-2-6-14-8(7)4-1-5-13/h2-3,6H,1,4H2. The smallest absolute Gasteiger partial charge is 0.261 e. The third-order valence-corrected chi connectivity index (χ3v) is 1.67. The highest BCUT2D eigenvalue weighted by Crippen LogP contribution is 2.31. The summed E-state index contributed by atoms with van der Waals surface area (Å²) < 4.78 is 37.1. The maximum absolute atomic E-state index is 12.4. The van der Waals surface area contributed by atoms with Crippen LogP contribution in [0, 0.1) is 11.3 Å². The Balaban J connectivity index is 2.99. The molecule has 5 heteroatoms.